The highest BCUT2D eigenvalue weighted by atomic mass is 32.1. The van der Waals surface area contributed by atoms with Crippen molar-refractivity contribution in [1.29, 1.82) is 0 Å². The maximum Gasteiger partial charge on any atom is 0.340 e. The van der Waals surface area contributed by atoms with Gasteiger partial charge in [-0.25, -0.2) is 4.79 Å². The molecule has 2 aliphatic heterocycles. The molecular formula is C20H22N2O4S2. The molecule has 1 spiro atoms. The van der Waals surface area contributed by atoms with Crippen LogP contribution >= 0.6 is 23.6 Å². The van der Waals surface area contributed by atoms with E-state index in [9.17, 15) is 4.79 Å². The van der Waals surface area contributed by atoms with Crippen LogP contribution in [0.4, 0.5) is 5.00 Å². The second-order valence-corrected chi connectivity index (χ2v) is 8.17. The third-order valence-electron chi connectivity index (χ3n) is 5.04. The highest BCUT2D eigenvalue weighted by molar-refractivity contribution is 7.80. The van der Waals surface area contributed by atoms with E-state index in [1.165, 1.54) is 18.4 Å². The van der Waals surface area contributed by atoms with Gasteiger partial charge in [-0.15, -0.1) is 11.3 Å². The lowest BCUT2D eigenvalue weighted by Gasteiger charge is -2.38. The Hall–Kier alpha value is -2.00. The molecule has 2 aromatic rings. The van der Waals surface area contributed by atoms with E-state index in [2.05, 4.69) is 10.2 Å². The molecule has 1 N–H and O–H groups in total. The van der Waals surface area contributed by atoms with E-state index in [0.717, 1.165) is 36.4 Å². The molecule has 148 valence electrons. The highest BCUT2D eigenvalue weighted by Gasteiger charge is 2.40. The van der Waals surface area contributed by atoms with Crippen molar-refractivity contribution in [3.8, 4) is 10.4 Å². The van der Waals surface area contributed by atoms with Crippen LogP contribution in [0.25, 0.3) is 10.4 Å². The van der Waals surface area contributed by atoms with Gasteiger partial charge in [0.15, 0.2) is 10.9 Å². The van der Waals surface area contributed by atoms with Gasteiger partial charge in [0.2, 0.25) is 0 Å². The highest BCUT2D eigenvalue weighted by Crippen LogP contribution is 2.37. The first-order chi connectivity index (χ1) is 13.6. The van der Waals surface area contributed by atoms with E-state index in [1.807, 2.05) is 36.4 Å². The Kier molecular flexibility index (Phi) is 5.63. The Bertz CT molecular complexity index is 852. The van der Waals surface area contributed by atoms with Crippen LogP contribution in [-0.4, -0.2) is 55.2 Å². The third-order valence-corrected chi connectivity index (χ3v) is 6.50. The maximum atomic E-state index is 12.3. The molecule has 6 nitrogen and oxygen atoms in total. The van der Waals surface area contributed by atoms with Gasteiger partial charge in [0, 0.05) is 30.8 Å². The number of esters is 1. The normalized spacial score (nSPS) is 18.2. The summed E-state index contributed by atoms with van der Waals surface area (Å²) in [6, 6.07) is 11.8. The van der Waals surface area contributed by atoms with Crippen molar-refractivity contribution in [3.05, 3.63) is 42.0 Å². The van der Waals surface area contributed by atoms with Crippen molar-refractivity contribution in [2.24, 2.45) is 0 Å². The molecule has 4 rings (SSSR count). The number of carbonyl (C=O) groups excluding carboxylic acids is 1. The van der Waals surface area contributed by atoms with E-state index < -0.39 is 5.79 Å². The molecule has 1 aromatic heterocycles. The van der Waals surface area contributed by atoms with E-state index in [-0.39, 0.29) is 5.97 Å². The molecular weight excluding hydrogens is 396 g/mol. The number of nitrogens with zero attached hydrogens (tertiary/aromatic N) is 1. The van der Waals surface area contributed by atoms with E-state index in [4.69, 9.17) is 26.4 Å². The van der Waals surface area contributed by atoms with Crippen molar-refractivity contribution in [2.45, 2.75) is 18.6 Å². The topological polar surface area (TPSA) is 60.0 Å². The van der Waals surface area contributed by atoms with E-state index in [1.54, 1.807) is 0 Å². The molecule has 1 aromatic carbocycles. The minimum atomic E-state index is -0.438. The van der Waals surface area contributed by atoms with Crippen LogP contribution in [0.2, 0.25) is 0 Å². The average molecular weight is 419 g/mol. The fourth-order valence-electron chi connectivity index (χ4n) is 3.50. The number of methoxy groups -OCH3 is 1. The fourth-order valence-corrected chi connectivity index (χ4v) is 4.90. The summed E-state index contributed by atoms with van der Waals surface area (Å²) >= 11 is 7.11. The third kappa shape index (κ3) is 3.91. The number of hydrogen-bond acceptors (Lipinski definition) is 6. The number of hydrogen-bond donors (Lipinski definition) is 1. The predicted molar refractivity (Wildman–Crippen MR) is 113 cm³/mol. The second kappa shape index (κ2) is 8.16. The lowest BCUT2D eigenvalue weighted by atomic mass is 10.0. The van der Waals surface area contributed by atoms with Gasteiger partial charge in [-0.2, -0.15) is 0 Å². The number of likely N-dealkylation sites (tertiary alicyclic amines) is 1. The van der Waals surface area contributed by atoms with Crippen LogP contribution in [0, 0.1) is 0 Å². The minimum absolute atomic E-state index is 0.380. The molecule has 0 atom stereocenters. The molecule has 3 heterocycles. The summed E-state index contributed by atoms with van der Waals surface area (Å²) < 4.78 is 16.5. The van der Waals surface area contributed by atoms with Gasteiger partial charge in [0.05, 0.1) is 25.9 Å². The summed E-state index contributed by atoms with van der Waals surface area (Å²) in [6.07, 6.45) is 1.55. The van der Waals surface area contributed by atoms with Crippen LogP contribution in [-0.2, 0) is 14.2 Å². The summed E-state index contributed by atoms with van der Waals surface area (Å²) in [5.41, 5.74) is 1.54. The number of thiophene rings is 1. The summed E-state index contributed by atoms with van der Waals surface area (Å²) in [7, 11) is 1.38. The molecule has 0 radical (unpaired) electrons. The molecule has 2 saturated heterocycles. The largest absolute Gasteiger partial charge is 0.465 e. The van der Waals surface area contributed by atoms with Crippen LogP contribution in [0.1, 0.15) is 23.2 Å². The number of thiocarbonyl (C=S) groups is 1. The van der Waals surface area contributed by atoms with Gasteiger partial charge < -0.3 is 24.4 Å². The number of carbonyl (C=O) groups is 1. The Morgan fingerprint density at radius 3 is 2.54 bits per heavy atom. The van der Waals surface area contributed by atoms with E-state index >= 15 is 0 Å². The van der Waals surface area contributed by atoms with Crippen LogP contribution in [0.15, 0.2) is 36.4 Å². The van der Waals surface area contributed by atoms with Crippen molar-refractivity contribution < 1.29 is 19.0 Å². The summed E-state index contributed by atoms with van der Waals surface area (Å²) in [5, 5.41) is 4.55. The number of nitrogens with one attached hydrogen (secondary N) is 1. The number of benzene rings is 1. The summed E-state index contributed by atoms with van der Waals surface area (Å²) in [5.74, 6) is -0.818. The van der Waals surface area contributed by atoms with Crippen LogP contribution in [0.5, 0.6) is 0 Å². The Morgan fingerprint density at radius 2 is 1.89 bits per heavy atom. The van der Waals surface area contributed by atoms with Gasteiger partial charge in [-0.05, 0) is 23.8 Å². The van der Waals surface area contributed by atoms with Crippen molar-refractivity contribution in [1.82, 2.24) is 4.90 Å². The summed E-state index contributed by atoms with van der Waals surface area (Å²) in [4.78, 5) is 15.3. The Balaban J connectivity index is 1.49. The number of ether oxygens (including phenoxy) is 3. The molecule has 0 bridgehead atoms. The molecule has 8 heteroatoms. The summed E-state index contributed by atoms with van der Waals surface area (Å²) in [6.45, 7) is 2.80. The molecule has 2 aliphatic rings. The zero-order valence-electron chi connectivity index (χ0n) is 15.6. The molecule has 0 unspecified atom stereocenters. The first-order valence-corrected chi connectivity index (χ1v) is 10.4. The van der Waals surface area contributed by atoms with Gasteiger partial charge in [-0.1, -0.05) is 30.3 Å². The smallest absolute Gasteiger partial charge is 0.340 e. The van der Waals surface area contributed by atoms with Gasteiger partial charge >= 0.3 is 5.97 Å². The average Bonchev–Trinajstić information content (AvgIpc) is 3.36. The maximum absolute atomic E-state index is 12.3. The zero-order valence-corrected chi connectivity index (χ0v) is 17.2. The number of anilines is 1. The molecule has 0 amide bonds. The molecule has 0 aliphatic carbocycles. The monoisotopic (exact) mass is 418 g/mol. The van der Waals surface area contributed by atoms with Gasteiger partial charge in [0.25, 0.3) is 0 Å². The standard InChI is InChI=1S/C20H22N2O4S2/c1-24-18(23)15-13-16(14-5-3-2-4-6-14)28-17(15)21-19(27)22-9-7-20(8-10-22)25-11-12-26-20/h2-6,13H,7-12H2,1H3,(H,21,27). The van der Waals surface area contributed by atoms with Crippen LogP contribution in [0.3, 0.4) is 0 Å². The fraction of sp³-hybridized carbons (Fsp3) is 0.400. The van der Waals surface area contributed by atoms with Gasteiger partial charge in [0.1, 0.15) is 5.00 Å². The van der Waals surface area contributed by atoms with E-state index in [0.29, 0.717) is 28.9 Å². The first kappa shape index (κ1) is 19.3. The number of piperidine rings is 1. The van der Waals surface area contributed by atoms with Crippen molar-refractivity contribution >= 4 is 39.6 Å². The first-order valence-electron chi connectivity index (χ1n) is 9.22. The zero-order chi connectivity index (χ0) is 19.6. The SMILES string of the molecule is COC(=O)c1cc(-c2ccccc2)sc1NC(=S)N1CCC2(CC1)OCCO2. The number of rotatable bonds is 3. The minimum Gasteiger partial charge on any atom is -0.465 e. The molecule has 2 fully saturated rings. The lowest BCUT2D eigenvalue weighted by Crippen LogP contribution is -2.48. The second-order valence-electron chi connectivity index (χ2n) is 6.74. The van der Waals surface area contributed by atoms with Crippen molar-refractivity contribution in [3.63, 3.8) is 0 Å². The van der Waals surface area contributed by atoms with Gasteiger partial charge in [-0.3, -0.25) is 0 Å². The lowest BCUT2D eigenvalue weighted by molar-refractivity contribution is -0.180. The van der Waals surface area contributed by atoms with Crippen LogP contribution < -0.4 is 5.32 Å². The predicted octanol–water partition coefficient (Wildman–Crippen LogP) is 3.74. The van der Waals surface area contributed by atoms with Crippen molar-refractivity contribution in [2.75, 3.05) is 38.7 Å². The quantitative estimate of drug-likeness (QED) is 0.602. The molecule has 0 saturated carbocycles. The Labute approximate surface area is 173 Å². The molecule has 28 heavy (non-hydrogen) atoms. The Morgan fingerprint density at radius 1 is 1.21 bits per heavy atom.